The Labute approximate surface area is 129 Å². The Morgan fingerprint density at radius 2 is 1.95 bits per heavy atom. The lowest BCUT2D eigenvalue weighted by molar-refractivity contribution is 0.518. The van der Waals surface area contributed by atoms with Crippen LogP contribution in [0.1, 0.15) is 16.3 Å². The van der Waals surface area contributed by atoms with Crippen LogP contribution in [0.4, 0.5) is 0 Å². The first-order valence-corrected chi connectivity index (χ1v) is 8.85. The van der Waals surface area contributed by atoms with Crippen molar-refractivity contribution in [3.8, 4) is 0 Å². The lowest BCUT2D eigenvalue weighted by Crippen LogP contribution is -2.24. The molecule has 0 atom stereocenters. The van der Waals surface area contributed by atoms with E-state index in [1.807, 2.05) is 24.4 Å². The molecule has 1 aromatic heterocycles. The topological polar surface area (TPSA) is 62.3 Å². The number of aromatic nitrogens is 1. The van der Waals surface area contributed by atoms with Crippen LogP contribution in [0, 0.1) is 6.92 Å². The molecule has 114 valence electrons. The van der Waals surface area contributed by atoms with Crippen LogP contribution in [0.2, 0.25) is 0 Å². The first-order chi connectivity index (χ1) is 9.91. The number of benzene rings is 1. The number of hydrogen-bond acceptors (Lipinski definition) is 5. The second kappa shape index (κ2) is 6.65. The van der Waals surface area contributed by atoms with E-state index in [4.69, 9.17) is 0 Å². The molecular weight excluding hydrogens is 306 g/mol. The van der Waals surface area contributed by atoms with Crippen molar-refractivity contribution in [1.29, 1.82) is 0 Å². The molecule has 0 aliphatic rings. The average Bonchev–Trinajstić information content (AvgIpc) is 2.85. The molecule has 21 heavy (non-hydrogen) atoms. The molecule has 0 fully saturated rings. The Hall–Kier alpha value is -1.28. The Balaban J connectivity index is 2.10. The summed E-state index contributed by atoms with van der Waals surface area (Å²) >= 11 is 1.61. The van der Waals surface area contributed by atoms with Gasteiger partial charge in [0.25, 0.3) is 0 Å². The Morgan fingerprint density at radius 1 is 1.24 bits per heavy atom. The third-order valence-corrected chi connectivity index (χ3v) is 5.76. The van der Waals surface area contributed by atoms with Gasteiger partial charge in [0.15, 0.2) is 0 Å². The molecule has 0 bridgehead atoms. The summed E-state index contributed by atoms with van der Waals surface area (Å²) < 4.78 is 25.8. The van der Waals surface area contributed by atoms with Gasteiger partial charge in [-0.2, -0.15) is 0 Å². The summed E-state index contributed by atoms with van der Waals surface area (Å²) in [4.78, 5) is 4.72. The van der Waals surface area contributed by atoms with E-state index in [-0.39, 0.29) is 0 Å². The molecule has 0 aliphatic heterocycles. The van der Waals surface area contributed by atoms with Gasteiger partial charge in [-0.25, -0.2) is 17.7 Å². The fourth-order valence-corrected chi connectivity index (χ4v) is 3.64. The highest BCUT2D eigenvalue weighted by atomic mass is 32.2. The van der Waals surface area contributed by atoms with Crippen LogP contribution < -0.4 is 5.32 Å². The number of nitrogens with one attached hydrogen (secondary N) is 1. The summed E-state index contributed by atoms with van der Waals surface area (Å²) in [6.07, 6.45) is 0. The minimum atomic E-state index is -3.42. The molecule has 0 amide bonds. The van der Waals surface area contributed by atoms with Gasteiger partial charge in [0.05, 0.1) is 15.6 Å². The molecule has 2 rings (SSSR count). The van der Waals surface area contributed by atoms with E-state index < -0.39 is 10.0 Å². The summed E-state index contributed by atoms with van der Waals surface area (Å²) in [5.41, 5.74) is 1.74. The normalized spacial score (nSPS) is 12.0. The number of aryl methyl sites for hydroxylation is 1. The van der Waals surface area contributed by atoms with E-state index in [0.717, 1.165) is 16.3 Å². The molecule has 0 spiro atoms. The second-order valence-electron chi connectivity index (χ2n) is 4.86. The standard InChI is InChI=1S/C14H19N3O2S2/c1-11-16-13(10-20-11)9-15-8-12-6-4-5-7-14(12)21(18,19)17(2)3/h4-7,10,15H,8-9H2,1-3H3. The molecule has 0 saturated heterocycles. The van der Waals surface area contributed by atoms with E-state index in [0.29, 0.717) is 18.0 Å². The van der Waals surface area contributed by atoms with Crippen LogP contribution >= 0.6 is 11.3 Å². The fourth-order valence-electron chi connectivity index (χ4n) is 1.91. The summed E-state index contributed by atoms with van der Waals surface area (Å²) in [5.74, 6) is 0. The zero-order valence-electron chi connectivity index (χ0n) is 12.3. The Bertz CT molecular complexity index is 709. The average molecular weight is 325 g/mol. The molecule has 1 heterocycles. The molecule has 0 saturated carbocycles. The summed E-state index contributed by atoms with van der Waals surface area (Å²) in [6.45, 7) is 3.08. The van der Waals surface area contributed by atoms with Gasteiger partial charge in [-0.15, -0.1) is 11.3 Å². The van der Waals surface area contributed by atoms with Crippen molar-refractivity contribution in [1.82, 2.24) is 14.6 Å². The minimum absolute atomic E-state index is 0.344. The molecule has 7 heteroatoms. The van der Waals surface area contributed by atoms with E-state index >= 15 is 0 Å². The van der Waals surface area contributed by atoms with Gasteiger partial charge in [-0.05, 0) is 18.6 Å². The molecule has 0 unspecified atom stereocenters. The van der Waals surface area contributed by atoms with Crippen molar-refractivity contribution < 1.29 is 8.42 Å². The lowest BCUT2D eigenvalue weighted by atomic mass is 10.2. The number of thiazole rings is 1. The van der Waals surface area contributed by atoms with Gasteiger partial charge < -0.3 is 5.32 Å². The zero-order chi connectivity index (χ0) is 15.5. The molecule has 2 aromatic rings. The molecule has 0 aliphatic carbocycles. The summed E-state index contributed by atoms with van der Waals surface area (Å²) in [7, 11) is -0.340. The summed E-state index contributed by atoms with van der Waals surface area (Å²) in [6, 6.07) is 7.05. The zero-order valence-corrected chi connectivity index (χ0v) is 14.0. The van der Waals surface area contributed by atoms with Crippen molar-refractivity contribution in [3.05, 3.63) is 45.9 Å². The number of rotatable bonds is 6. The predicted molar refractivity (Wildman–Crippen MR) is 84.7 cm³/mol. The first-order valence-electron chi connectivity index (χ1n) is 6.53. The molecule has 5 nitrogen and oxygen atoms in total. The van der Waals surface area contributed by atoms with Crippen molar-refractivity contribution in [3.63, 3.8) is 0 Å². The maximum Gasteiger partial charge on any atom is 0.242 e. The number of hydrogen-bond donors (Lipinski definition) is 1. The molecule has 0 radical (unpaired) electrons. The Morgan fingerprint density at radius 3 is 2.57 bits per heavy atom. The van der Waals surface area contributed by atoms with Crippen LogP contribution in [0.15, 0.2) is 34.5 Å². The Kier molecular flexibility index (Phi) is 5.10. The highest BCUT2D eigenvalue weighted by Gasteiger charge is 2.20. The molecule has 1 N–H and O–H groups in total. The SMILES string of the molecule is Cc1nc(CNCc2ccccc2S(=O)(=O)N(C)C)cs1. The van der Waals surface area contributed by atoms with Crippen molar-refractivity contribution >= 4 is 21.4 Å². The van der Waals surface area contributed by atoms with Gasteiger partial charge in [0.1, 0.15) is 0 Å². The lowest BCUT2D eigenvalue weighted by Gasteiger charge is -2.15. The van der Waals surface area contributed by atoms with E-state index in [1.54, 1.807) is 23.5 Å². The van der Waals surface area contributed by atoms with Crippen molar-refractivity contribution in [2.24, 2.45) is 0 Å². The quantitative estimate of drug-likeness (QED) is 0.882. The van der Waals surface area contributed by atoms with Gasteiger partial charge in [-0.1, -0.05) is 18.2 Å². The molecular formula is C14H19N3O2S2. The van der Waals surface area contributed by atoms with E-state index in [9.17, 15) is 8.42 Å². The third-order valence-electron chi connectivity index (χ3n) is 3.02. The van der Waals surface area contributed by atoms with E-state index in [1.165, 1.54) is 18.4 Å². The van der Waals surface area contributed by atoms with Crippen LogP contribution in [-0.4, -0.2) is 31.8 Å². The predicted octanol–water partition coefficient (Wildman–Crippen LogP) is 1.99. The van der Waals surface area contributed by atoms with Crippen LogP contribution in [0.3, 0.4) is 0 Å². The third kappa shape index (κ3) is 3.88. The van der Waals surface area contributed by atoms with Crippen molar-refractivity contribution in [2.45, 2.75) is 24.9 Å². The first kappa shape index (κ1) is 16.1. The number of nitrogens with zero attached hydrogens (tertiary/aromatic N) is 2. The highest BCUT2D eigenvalue weighted by molar-refractivity contribution is 7.89. The largest absolute Gasteiger partial charge is 0.307 e. The smallest absolute Gasteiger partial charge is 0.242 e. The van der Waals surface area contributed by atoms with Gasteiger partial charge >= 0.3 is 0 Å². The maximum atomic E-state index is 12.3. The number of sulfonamides is 1. The van der Waals surface area contributed by atoms with Crippen molar-refractivity contribution in [2.75, 3.05) is 14.1 Å². The maximum absolute atomic E-state index is 12.3. The summed E-state index contributed by atoms with van der Waals surface area (Å²) in [5, 5.41) is 6.28. The minimum Gasteiger partial charge on any atom is -0.307 e. The van der Waals surface area contributed by atoms with Crippen LogP contribution in [0.5, 0.6) is 0 Å². The van der Waals surface area contributed by atoms with Gasteiger partial charge in [0, 0.05) is 32.6 Å². The molecule has 1 aromatic carbocycles. The monoisotopic (exact) mass is 325 g/mol. The second-order valence-corrected chi connectivity index (χ2v) is 8.04. The van der Waals surface area contributed by atoms with Crippen LogP contribution in [-0.2, 0) is 23.1 Å². The fraction of sp³-hybridized carbons (Fsp3) is 0.357. The highest BCUT2D eigenvalue weighted by Crippen LogP contribution is 2.18. The van der Waals surface area contributed by atoms with Gasteiger partial charge in [-0.3, -0.25) is 0 Å². The van der Waals surface area contributed by atoms with Gasteiger partial charge in [0.2, 0.25) is 10.0 Å². The van der Waals surface area contributed by atoms with E-state index in [2.05, 4.69) is 10.3 Å². The van der Waals surface area contributed by atoms with Crippen LogP contribution in [0.25, 0.3) is 0 Å².